The molecule has 1 saturated heterocycles. The normalized spacial score (nSPS) is 20.4. The van der Waals surface area contributed by atoms with Crippen LogP contribution in [0.1, 0.15) is 53.4 Å². The molecule has 1 N–H and O–H groups in total. The standard InChI is InChI=1S/C14H26N2O2/c1-5-7-8-11(6-2)12(17)16-10-9-15-13(18)14(16,3)4/h11H,5-10H2,1-4H3,(H,15,18). The fraction of sp³-hybridized carbons (Fsp3) is 0.857. The number of nitrogens with zero attached hydrogens (tertiary/aromatic N) is 1. The molecule has 0 aromatic heterocycles. The Kier molecular flexibility index (Phi) is 5.17. The quantitative estimate of drug-likeness (QED) is 0.815. The van der Waals surface area contributed by atoms with Crippen LogP contribution in [-0.4, -0.2) is 35.3 Å². The first-order chi connectivity index (χ1) is 8.45. The van der Waals surface area contributed by atoms with Gasteiger partial charge in [-0.15, -0.1) is 0 Å². The Hall–Kier alpha value is -1.06. The molecule has 0 aliphatic carbocycles. The second-order valence-corrected chi connectivity index (χ2v) is 5.55. The maximum absolute atomic E-state index is 12.5. The van der Waals surface area contributed by atoms with Crippen molar-refractivity contribution >= 4 is 11.8 Å². The van der Waals surface area contributed by atoms with Crippen LogP contribution < -0.4 is 5.32 Å². The molecule has 18 heavy (non-hydrogen) atoms. The monoisotopic (exact) mass is 254 g/mol. The third-order valence-electron chi connectivity index (χ3n) is 3.87. The fourth-order valence-electron chi connectivity index (χ4n) is 2.46. The lowest BCUT2D eigenvalue weighted by molar-refractivity contribution is -0.152. The van der Waals surface area contributed by atoms with Crippen molar-refractivity contribution in [3.8, 4) is 0 Å². The van der Waals surface area contributed by atoms with Crippen LogP contribution in [0, 0.1) is 5.92 Å². The number of piperazine rings is 1. The van der Waals surface area contributed by atoms with E-state index in [0.29, 0.717) is 13.1 Å². The van der Waals surface area contributed by atoms with Gasteiger partial charge in [0, 0.05) is 19.0 Å². The molecule has 4 heteroatoms. The van der Waals surface area contributed by atoms with Crippen molar-refractivity contribution in [1.29, 1.82) is 0 Å². The van der Waals surface area contributed by atoms with Gasteiger partial charge in [-0.25, -0.2) is 0 Å². The van der Waals surface area contributed by atoms with Gasteiger partial charge in [0.1, 0.15) is 5.54 Å². The molecule has 1 aliphatic rings. The second-order valence-electron chi connectivity index (χ2n) is 5.55. The van der Waals surface area contributed by atoms with Gasteiger partial charge in [0.2, 0.25) is 11.8 Å². The van der Waals surface area contributed by atoms with Crippen LogP contribution >= 0.6 is 0 Å². The van der Waals surface area contributed by atoms with Crippen molar-refractivity contribution < 1.29 is 9.59 Å². The molecular formula is C14H26N2O2. The second kappa shape index (κ2) is 6.21. The highest BCUT2D eigenvalue weighted by Crippen LogP contribution is 2.24. The summed E-state index contributed by atoms with van der Waals surface area (Å²) in [5.41, 5.74) is -0.713. The number of carbonyl (C=O) groups is 2. The third kappa shape index (κ3) is 3.03. The lowest BCUT2D eigenvalue weighted by Gasteiger charge is -2.42. The summed E-state index contributed by atoms with van der Waals surface area (Å²) >= 11 is 0. The van der Waals surface area contributed by atoms with Gasteiger partial charge in [0.05, 0.1) is 0 Å². The molecule has 1 unspecified atom stereocenters. The predicted molar refractivity (Wildman–Crippen MR) is 72.1 cm³/mol. The highest BCUT2D eigenvalue weighted by Gasteiger charge is 2.41. The topological polar surface area (TPSA) is 49.4 Å². The molecular weight excluding hydrogens is 228 g/mol. The van der Waals surface area contributed by atoms with Gasteiger partial charge in [0.15, 0.2) is 0 Å². The molecule has 2 amide bonds. The number of nitrogens with one attached hydrogen (secondary N) is 1. The van der Waals surface area contributed by atoms with E-state index in [1.807, 2.05) is 13.8 Å². The molecule has 4 nitrogen and oxygen atoms in total. The molecule has 1 atom stereocenters. The minimum absolute atomic E-state index is 0.0487. The van der Waals surface area contributed by atoms with Crippen molar-refractivity contribution in [3.63, 3.8) is 0 Å². The summed E-state index contributed by atoms with van der Waals surface area (Å²) in [5.74, 6) is 0.161. The Labute approximate surface area is 110 Å². The van der Waals surface area contributed by atoms with Crippen LogP contribution in [0.3, 0.4) is 0 Å². The molecule has 0 radical (unpaired) electrons. The third-order valence-corrected chi connectivity index (χ3v) is 3.87. The number of carbonyl (C=O) groups excluding carboxylic acids is 2. The van der Waals surface area contributed by atoms with Crippen molar-refractivity contribution in [2.45, 2.75) is 58.9 Å². The largest absolute Gasteiger partial charge is 0.352 e. The average Bonchev–Trinajstić information content (AvgIpc) is 2.33. The summed E-state index contributed by atoms with van der Waals surface area (Å²) in [5, 5.41) is 2.82. The van der Waals surface area contributed by atoms with Crippen LogP contribution in [0.15, 0.2) is 0 Å². The van der Waals surface area contributed by atoms with E-state index in [1.54, 1.807) is 4.90 Å². The zero-order valence-electron chi connectivity index (χ0n) is 12.1. The predicted octanol–water partition coefficient (Wildman–Crippen LogP) is 1.94. The van der Waals surface area contributed by atoms with Crippen LogP contribution in [0.2, 0.25) is 0 Å². The molecule has 1 heterocycles. The van der Waals surface area contributed by atoms with Gasteiger partial charge >= 0.3 is 0 Å². The minimum Gasteiger partial charge on any atom is -0.352 e. The highest BCUT2D eigenvalue weighted by molar-refractivity contribution is 5.92. The first-order valence-electron chi connectivity index (χ1n) is 7.04. The van der Waals surface area contributed by atoms with E-state index in [4.69, 9.17) is 0 Å². The Balaban J connectivity index is 2.77. The number of hydrogen-bond donors (Lipinski definition) is 1. The molecule has 1 aliphatic heterocycles. The van der Waals surface area contributed by atoms with Crippen molar-refractivity contribution in [2.24, 2.45) is 5.92 Å². The lowest BCUT2D eigenvalue weighted by Crippen LogP contribution is -2.64. The number of amides is 2. The molecule has 1 fully saturated rings. The van der Waals surface area contributed by atoms with Crippen LogP contribution in [0.25, 0.3) is 0 Å². The fourth-order valence-corrected chi connectivity index (χ4v) is 2.46. The van der Waals surface area contributed by atoms with E-state index in [1.165, 1.54) is 0 Å². The van der Waals surface area contributed by atoms with Gasteiger partial charge in [-0.2, -0.15) is 0 Å². The molecule has 0 spiro atoms. The van der Waals surface area contributed by atoms with E-state index < -0.39 is 5.54 Å². The maximum atomic E-state index is 12.5. The number of hydrogen-bond acceptors (Lipinski definition) is 2. The van der Waals surface area contributed by atoms with Gasteiger partial charge in [-0.05, 0) is 26.7 Å². The summed E-state index contributed by atoms with van der Waals surface area (Å²) < 4.78 is 0. The summed E-state index contributed by atoms with van der Waals surface area (Å²) in [6.07, 6.45) is 3.96. The Morgan fingerprint density at radius 1 is 1.44 bits per heavy atom. The van der Waals surface area contributed by atoms with Crippen LogP contribution in [0.5, 0.6) is 0 Å². The van der Waals surface area contributed by atoms with E-state index in [0.717, 1.165) is 25.7 Å². The maximum Gasteiger partial charge on any atom is 0.245 e. The lowest BCUT2D eigenvalue weighted by atomic mass is 9.92. The van der Waals surface area contributed by atoms with E-state index in [2.05, 4.69) is 19.2 Å². The molecule has 0 saturated carbocycles. The highest BCUT2D eigenvalue weighted by atomic mass is 16.2. The van der Waals surface area contributed by atoms with Crippen LogP contribution in [0.4, 0.5) is 0 Å². The van der Waals surface area contributed by atoms with Crippen molar-refractivity contribution in [2.75, 3.05) is 13.1 Å². The summed E-state index contributed by atoms with van der Waals surface area (Å²) in [4.78, 5) is 26.2. The van der Waals surface area contributed by atoms with Crippen LogP contribution in [-0.2, 0) is 9.59 Å². The average molecular weight is 254 g/mol. The van der Waals surface area contributed by atoms with Crippen molar-refractivity contribution in [1.82, 2.24) is 10.2 Å². The zero-order valence-corrected chi connectivity index (χ0v) is 12.1. The molecule has 0 aromatic rings. The van der Waals surface area contributed by atoms with E-state index in [9.17, 15) is 9.59 Å². The van der Waals surface area contributed by atoms with E-state index in [-0.39, 0.29) is 17.7 Å². The first kappa shape index (κ1) is 15.0. The summed E-state index contributed by atoms with van der Waals surface area (Å²) in [6.45, 7) is 9.03. The van der Waals surface area contributed by atoms with Crippen molar-refractivity contribution in [3.05, 3.63) is 0 Å². The Morgan fingerprint density at radius 2 is 2.11 bits per heavy atom. The molecule has 0 aromatic carbocycles. The van der Waals surface area contributed by atoms with E-state index >= 15 is 0 Å². The molecule has 1 rings (SSSR count). The molecule has 104 valence electrons. The first-order valence-corrected chi connectivity index (χ1v) is 7.04. The van der Waals surface area contributed by atoms with Gasteiger partial charge < -0.3 is 10.2 Å². The summed E-state index contributed by atoms with van der Waals surface area (Å²) in [6, 6.07) is 0. The SMILES string of the molecule is CCCCC(CC)C(=O)N1CCNC(=O)C1(C)C. The van der Waals surface area contributed by atoms with Gasteiger partial charge in [0.25, 0.3) is 0 Å². The number of rotatable bonds is 5. The molecule has 0 bridgehead atoms. The number of unbranched alkanes of at least 4 members (excludes halogenated alkanes) is 1. The zero-order chi connectivity index (χ0) is 13.8. The summed E-state index contributed by atoms with van der Waals surface area (Å²) in [7, 11) is 0. The van der Waals surface area contributed by atoms with Gasteiger partial charge in [-0.1, -0.05) is 26.7 Å². The Bertz CT molecular complexity index is 313. The minimum atomic E-state index is -0.713. The smallest absolute Gasteiger partial charge is 0.245 e. The van der Waals surface area contributed by atoms with Gasteiger partial charge in [-0.3, -0.25) is 9.59 Å². The Morgan fingerprint density at radius 3 is 2.67 bits per heavy atom.